The summed E-state index contributed by atoms with van der Waals surface area (Å²) in [6, 6.07) is 15.7. The Labute approximate surface area is 233 Å². The number of amides is 3. The second-order valence-electron chi connectivity index (χ2n) is 8.68. The smallest absolute Gasteiger partial charge is 0.293 e. The van der Waals surface area contributed by atoms with Gasteiger partial charge in [-0.2, -0.15) is 0 Å². The van der Waals surface area contributed by atoms with E-state index >= 15 is 0 Å². The summed E-state index contributed by atoms with van der Waals surface area (Å²) in [4.78, 5) is 39.4. The van der Waals surface area contributed by atoms with Crippen molar-refractivity contribution in [3.05, 3.63) is 81.2 Å². The molecule has 11 heteroatoms. The van der Waals surface area contributed by atoms with Crippen LogP contribution in [0.1, 0.15) is 16.7 Å². The number of hydrogen-bond donors (Lipinski definition) is 1. The average molecular weight is 567 g/mol. The third-order valence-electron chi connectivity index (χ3n) is 5.89. The van der Waals surface area contributed by atoms with Crippen LogP contribution < -0.4 is 24.3 Å². The predicted molar refractivity (Wildman–Crippen MR) is 147 cm³/mol. The van der Waals surface area contributed by atoms with Crippen LogP contribution in [0.5, 0.6) is 23.0 Å². The first-order chi connectivity index (χ1) is 18.8. The molecule has 2 aliphatic heterocycles. The fraction of sp³-hybridized carbons (Fsp3) is 0.179. The van der Waals surface area contributed by atoms with E-state index in [1.165, 1.54) is 7.11 Å². The molecule has 3 amide bonds. The lowest BCUT2D eigenvalue weighted by atomic mass is 10.1. The number of hydrogen-bond acceptors (Lipinski definition) is 8. The predicted octanol–water partition coefficient (Wildman–Crippen LogP) is 5.64. The molecule has 3 aromatic rings. The number of fused-ring (bicyclic) bond motifs is 1. The molecule has 1 fully saturated rings. The molecule has 0 bridgehead atoms. The third-order valence-corrected chi connectivity index (χ3v) is 7.15. The lowest BCUT2D eigenvalue weighted by molar-refractivity contribution is -0.123. The molecule has 9 nitrogen and oxygen atoms in total. The van der Waals surface area contributed by atoms with Gasteiger partial charge in [0, 0.05) is 16.8 Å². The van der Waals surface area contributed by atoms with Crippen molar-refractivity contribution in [3.8, 4) is 23.0 Å². The van der Waals surface area contributed by atoms with Crippen LogP contribution in [0.4, 0.5) is 10.5 Å². The maximum Gasteiger partial charge on any atom is 0.293 e. The Balaban J connectivity index is 1.25. The van der Waals surface area contributed by atoms with E-state index in [0.29, 0.717) is 44.8 Å². The van der Waals surface area contributed by atoms with E-state index in [-0.39, 0.29) is 30.8 Å². The quantitative estimate of drug-likeness (QED) is 0.349. The summed E-state index contributed by atoms with van der Waals surface area (Å²) in [6.45, 7) is 1.81. The van der Waals surface area contributed by atoms with Crippen molar-refractivity contribution in [1.82, 2.24) is 4.90 Å². The van der Waals surface area contributed by atoms with Crippen molar-refractivity contribution in [1.29, 1.82) is 0 Å². The number of thioether (sulfide) groups is 1. The molecule has 39 heavy (non-hydrogen) atoms. The zero-order valence-corrected chi connectivity index (χ0v) is 22.6. The number of nitrogens with zero attached hydrogens (tertiary/aromatic N) is 1. The highest BCUT2D eigenvalue weighted by Crippen LogP contribution is 2.40. The van der Waals surface area contributed by atoms with Crippen molar-refractivity contribution in [2.75, 3.05) is 25.8 Å². The molecule has 0 atom stereocenters. The van der Waals surface area contributed by atoms with Crippen molar-refractivity contribution in [2.24, 2.45) is 0 Å². The van der Waals surface area contributed by atoms with E-state index < -0.39 is 11.1 Å². The average Bonchev–Trinajstić information content (AvgIpc) is 3.46. The van der Waals surface area contributed by atoms with E-state index in [0.717, 1.165) is 22.2 Å². The molecular weight excluding hydrogens is 544 g/mol. The minimum absolute atomic E-state index is 0.00179. The van der Waals surface area contributed by atoms with Gasteiger partial charge in [-0.05, 0) is 71.8 Å². The summed E-state index contributed by atoms with van der Waals surface area (Å²) in [6.07, 6.45) is 1.60. The lowest BCUT2D eigenvalue weighted by Gasteiger charge is -2.14. The van der Waals surface area contributed by atoms with Crippen LogP contribution in [-0.4, -0.2) is 42.5 Å². The number of carbonyl (C=O) groups is 3. The molecule has 0 radical (unpaired) electrons. The number of carbonyl (C=O) groups excluding carboxylic acids is 3. The largest absolute Gasteiger partial charge is 0.493 e. The Kier molecular flexibility index (Phi) is 7.67. The van der Waals surface area contributed by atoms with E-state index in [1.54, 1.807) is 42.5 Å². The molecule has 2 heterocycles. The summed E-state index contributed by atoms with van der Waals surface area (Å²) in [5.74, 6) is 1.01. The maximum atomic E-state index is 13.1. The Hall–Kier alpha value is -4.15. The number of nitrogens with one attached hydrogen (secondary N) is 1. The summed E-state index contributed by atoms with van der Waals surface area (Å²) >= 11 is 7.17. The zero-order chi connectivity index (χ0) is 27.5. The van der Waals surface area contributed by atoms with Gasteiger partial charge in [0.1, 0.15) is 0 Å². The highest BCUT2D eigenvalue weighted by molar-refractivity contribution is 8.18. The molecule has 3 aromatic carbocycles. The second-order valence-corrected chi connectivity index (χ2v) is 10.1. The van der Waals surface area contributed by atoms with Gasteiger partial charge in [-0.1, -0.05) is 29.8 Å². The number of anilines is 1. The van der Waals surface area contributed by atoms with Crippen molar-refractivity contribution < 1.29 is 33.3 Å². The summed E-state index contributed by atoms with van der Waals surface area (Å²) in [5, 5.41) is 2.74. The van der Waals surface area contributed by atoms with E-state index in [4.69, 9.17) is 30.5 Å². The molecule has 0 unspecified atom stereocenters. The van der Waals surface area contributed by atoms with E-state index in [1.807, 2.05) is 25.1 Å². The van der Waals surface area contributed by atoms with Crippen molar-refractivity contribution in [3.63, 3.8) is 0 Å². The van der Waals surface area contributed by atoms with Crippen LogP contribution in [0.3, 0.4) is 0 Å². The van der Waals surface area contributed by atoms with Gasteiger partial charge in [-0.25, -0.2) is 0 Å². The Morgan fingerprint density at radius 3 is 2.67 bits per heavy atom. The van der Waals surface area contributed by atoms with Gasteiger partial charge in [0.25, 0.3) is 17.1 Å². The number of imide groups is 1. The molecule has 0 aliphatic carbocycles. The van der Waals surface area contributed by atoms with Gasteiger partial charge >= 0.3 is 0 Å². The zero-order valence-electron chi connectivity index (χ0n) is 21.0. The van der Waals surface area contributed by atoms with E-state index in [9.17, 15) is 14.4 Å². The fourth-order valence-corrected chi connectivity index (χ4v) is 5.05. The van der Waals surface area contributed by atoms with Crippen molar-refractivity contribution >= 4 is 52.2 Å². The van der Waals surface area contributed by atoms with Gasteiger partial charge in [-0.15, -0.1) is 0 Å². The normalized spacial score (nSPS) is 15.2. The highest BCUT2D eigenvalue weighted by atomic mass is 35.5. The topological polar surface area (TPSA) is 103 Å². The Bertz CT molecular complexity index is 1510. The highest BCUT2D eigenvalue weighted by Gasteiger charge is 2.35. The van der Waals surface area contributed by atoms with Crippen LogP contribution in [0, 0.1) is 6.92 Å². The summed E-state index contributed by atoms with van der Waals surface area (Å²) in [7, 11) is 1.47. The first-order valence-corrected chi connectivity index (χ1v) is 13.0. The van der Waals surface area contributed by atoms with Gasteiger partial charge in [0.05, 0.1) is 18.6 Å². The van der Waals surface area contributed by atoms with E-state index in [2.05, 4.69) is 5.32 Å². The van der Waals surface area contributed by atoms with Gasteiger partial charge < -0.3 is 24.3 Å². The molecule has 0 aromatic heterocycles. The second kappa shape index (κ2) is 11.3. The SMILES string of the molecule is COc1cc(/C=C2\SC(=O)N(Cc3cc4c(cc3Cl)OCO4)C2=O)ccc1OCC(=O)Nc1cccc(C)c1. The fourth-order valence-electron chi connectivity index (χ4n) is 3.99. The van der Waals surface area contributed by atoms with Crippen molar-refractivity contribution in [2.45, 2.75) is 13.5 Å². The van der Waals surface area contributed by atoms with Gasteiger partial charge in [-0.3, -0.25) is 19.3 Å². The van der Waals surface area contributed by atoms with Crippen LogP contribution in [0.15, 0.2) is 59.5 Å². The molecule has 2 aliphatic rings. The van der Waals surface area contributed by atoms with Gasteiger partial charge in [0.15, 0.2) is 29.6 Å². The maximum absolute atomic E-state index is 13.1. The molecule has 200 valence electrons. The Morgan fingerprint density at radius 1 is 1.10 bits per heavy atom. The number of methoxy groups -OCH3 is 1. The number of benzene rings is 3. The minimum Gasteiger partial charge on any atom is -0.493 e. The summed E-state index contributed by atoms with van der Waals surface area (Å²) in [5.41, 5.74) is 2.90. The minimum atomic E-state index is -0.439. The number of halogens is 1. The molecule has 0 spiro atoms. The van der Waals surface area contributed by atoms with Gasteiger partial charge in [0.2, 0.25) is 6.79 Å². The number of ether oxygens (including phenoxy) is 4. The van der Waals surface area contributed by atoms with Crippen LogP contribution in [0.2, 0.25) is 5.02 Å². The monoisotopic (exact) mass is 566 g/mol. The number of rotatable bonds is 8. The first kappa shape index (κ1) is 26.5. The van der Waals surface area contributed by atoms with Crippen LogP contribution in [-0.2, 0) is 16.1 Å². The molecule has 0 saturated carbocycles. The van der Waals surface area contributed by atoms with Crippen LogP contribution in [0.25, 0.3) is 6.08 Å². The molecule has 1 N–H and O–H groups in total. The summed E-state index contributed by atoms with van der Waals surface area (Å²) < 4.78 is 21.8. The number of aryl methyl sites for hydroxylation is 1. The third kappa shape index (κ3) is 5.97. The Morgan fingerprint density at radius 2 is 1.90 bits per heavy atom. The molecule has 5 rings (SSSR count). The lowest BCUT2D eigenvalue weighted by Crippen LogP contribution is -2.27. The standard InChI is InChI=1S/C28H23ClN2O7S/c1-16-4-3-5-19(8-16)30-26(32)14-36-21-7-6-17(9-22(21)35-2)10-25-27(33)31(28(34)39-25)13-18-11-23-24(12-20(18)29)38-15-37-23/h3-12H,13-15H2,1-2H3,(H,30,32)/b25-10-. The molecule has 1 saturated heterocycles. The molecular formula is C28H23ClN2O7S. The van der Waals surface area contributed by atoms with Crippen LogP contribution >= 0.6 is 23.4 Å². The first-order valence-electron chi connectivity index (χ1n) is 11.8.